The van der Waals surface area contributed by atoms with Gasteiger partial charge in [-0.3, -0.25) is 0 Å². The summed E-state index contributed by atoms with van der Waals surface area (Å²) in [4.78, 5) is 7.75. The Morgan fingerprint density at radius 1 is 1.58 bits per heavy atom. The molecule has 0 aliphatic heterocycles. The SMILES string of the molecule is CC[C@@H](O)c1cc(OC)ncn1. The molecule has 1 aromatic heterocycles. The summed E-state index contributed by atoms with van der Waals surface area (Å²) in [7, 11) is 1.53. The molecule has 0 radical (unpaired) electrons. The van der Waals surface area contributed by atoms with E-state index >= 15 is 0 Å². The van der Waals surface area contributed by atoms with Gasteiger partial charge in [0.1, 0.15) is 6.33 Å². The molecular formula is C8H12N2O2. The van der Waals surface area contributed by atoms with Crippen LogP contribution in [0, 0.1) is 0 Å². The zero-order chi connectivity index (χ0) is 8.97. The van der Waals surface area contributed by atoms with Crippen LogP contribution in [-0.4, -0.2) is 22.2 Å². The third-order valence-electron chi connectivity index (χ3n) is 1.60. The van der Waals surface area contributed by atoms with Gasteiger partial charge in [0.25, 0.3) is 0 Å². The maximum atomic E-state index is 9.40. The standard InChI is InChI=1S/C8H12N2O2/c1-3-7(11)6-4-8(12-2)10-5-9-6/h4-5,7,11H,3H2,1-2H3/t7-/m1/s1. The summed E-state index contributed by atoms with van der Waals surface area (Å²) < 4.78 is 4.89. The van der Waals surface area contributed by atoms with Gasteiger partial charge in [-0.05, 0) is 6.42 Å². The number of aliphatic hydroxyl groups is 1. The molecule has 1 rings (SSSR count). The minimum Gasteiger partial charge on any atom is -0.481 e. The van der Waals surface area contributed by atoms with Crippen LogP contribution in [0.5, 0.6) is 5.88 Å². The van der Waals surface area contributed by atoms with Crippen molar-refractivity contribution >= 4 is 0 Å². The molecular weight excluding hydrogens is 156 g/mol. The summed E-state index contributed by atoms with van der Waals surface area (Å²) in [6, 6.07) is 1.63. The van der Waals surface area contributed by atoms with Gasteiger partial charge in [0.05, 0.1) is 18.9 Å². The Morgan fingerprint density at radius 3 is 2.92 bits per heavy atom. The van der Waals surface area contributed by atoms with Crippen LogP contribution in [-0.2, 0) is 0 Å². The normalized spacial score (nSPS) is 12.6. The number of ether oxygens (including phenoxy) is 1. The van der Waals surface area contributed by atoms with E-state index in [9.17, 15) is 5.11 Å². The summed E-state index contributed by atoms with van der Waals surface area (Å²) in [5, 5.41) is 9.40. The molecule has 1 aromatic rings. The third kappa shape index (κ3) is 1.92. The summed E-state index contributed by atoms with van der Waals surface area (Å²) in [6.07, 6.45) is 1.50. The number of aromatic nitrogens is 2. The third-order valence-corrected chi connectivity index (χ3v) is 1.60. The summed E-state index contributed by atoms with van der Waals surface area (Å²) in [5.74, 6) is 0.479. The van der Waals surface area contributed by atoms with Gasteiger partial charge < -0.3 is 9.84 Å². The first kappa shape index (κ1) is 8.93. The molecule has 4 heteroatoms. The molecule has 0 saturated carbocycles. The van der Waals surface area contributed by atoms with Crippen LogP contribution >= 0.6 is 0 Å². The molecule has 0 saturated heterocycles. The van der Waals surface area contributed by atoms with E-state index in [-0.39, 0.29) is 0 Å². The number of hydrogen-bond acceptors (Lipinski definition) is 4. The van der Waals surface area contributed by atoms with Crippen molar-refractivity contribution in [3.63, 3.8) is 0 Å². The van der Waals surface area contributed by atoms with Crippen molar-refractivity contribution in [3.05, 3.63) is 18.1 Å². The first-order chi connectivity index (χ1) is 5.77. The van der Waals surface area contributed by atoms with E-state index in [0.29, 0.717) is 18.0 Å². The van der Waals surface area contributed by atoms with E-state index in [0.717, 1.165) is 0 Å². The fourth-order valence-corrected chi connectivity index (χ4v) is 0.856. The van der Waals surface area contributed by atoms with Crippen LogP contribution in [0.1, 0.15) is 25.1 Å². The van der Waals surface area contributed by atoms with Gasteiger partial charge in [-0.1, -0.05) is 6.92 Å². The second-order valence-corrected chi connectivity index (χ2v) is 2.41. The first-order valence-corrected chi connectivity index (χ1v) is 3.82. The molecule has 0 fully saturated rings. The molecule has 0 aromatic carbocycles. The van der Waals surface area contributed by atoms with E-state index in [2.05, 4.69) is 9.97 Å². The quantitative estimate of drug-likeness (QED) is 0.729. The molecule has 0 amide bonds. The van der Waals surface area contributed by atoms with Crippen molar-refractivity contribution in [1.29, 1.82) is 0 Å². The Hall–Kier alpha value is -1.16. The average molecular weight is 168 g/mol. The van der Waals surface area contributed by atoms with Gasteiger partial charge in [0.15, 0.2) is 0 Å². The van der Waals surface area contributed by atoms with E-state index in [4.69, 9.17) is 4.74 Å². The molecule has 4 nitrogen and oxygen atoms in total. The molecule has 1 N–H and O–H groups in total. The predicted octanol–water partition coefficient (Wildman–Crippen LogP) is 0.929. The van der Waals surface area contributed by atoms with E-state index in [1.54, 1.807) is 6.07 Å². The van der Waals surface area contributed by atoms with Crippen LogP contribution in [0.15, 0.2) is 12.4 Å². The number of methoxy groups -OCH3 is 1. The number of nitrogens with zero attached hydrogens (tertiary/aromatic N) is 2. The van der Waals surface area contributed by atoms with Crippen molar-refractivity contribution in [2.24, 2.45) is 0 Å². The van der Waals surface area contributed by atoms with Crippen LogP contribution < -0.4 is 4.74 Å². The van der Waals surface area contributed by atoms with Gasteiger partial charge in [-0.25, -0.2) is 9.97 Å². The highest BCUT2D eigenvalue weighted by atomic mass is 16.5. The van der Waals surface area contributed by atoms with Crippen LogP contribution in [0.3, 0.4) is 0 Å². The highest BCUT2D eigenvalue weighted by Gasteiger charge is 2.06. The van der Waals surface area contributed by atoms with E-state index in [1.807, 2.05) is 6.92 Å². The second kappa shape index (κ2) is 4.01. The highest BCUT2D eigenvalue weighted by Crippen LogP contribution is 2.15. The van der Waals surface area contributed by atoms with Crippen LogP contribution in [0.25, 0.3) is 0 Å². The van der Waals surface area contributed by atoms with Gasteiger partial charge in [0.2, 0.25) is 5.88 Å². The zero-order valence-corrected chi connectivity index (χ0v) is 7.19. The molecule has 0 aliphatic rings. The van der Waals surface area contributed by atoms with Crippen molar-refractivity contribution in [2.75, 3.05) is 7.11 Å². The molecule has 0 aliphatic carbocycles. The molecule has 66 valence electrons. The van der Waals surface area contributed by atoms with Gasteiger partial charge in [-0.2, -0.15) is 0 Å². The lowest BCUT2D eigenvalue weighted by Gasteiger charge is -2.06. The monoisotopic (exact) mass is 168 g/mol. The van der Waals surface area contributed by atoms with Gasteiger partial charge in [0, 0.05) is 6.07 Å². The second-order valence-electron chi connectivity index (χ2n) is 2.41. The fourth-order valence-electron chi connectivity index (χ4n) is 0.856. The Bertz CT molecular complexity index is 253. The van der Waals surface area contributed by atoms with E-state index in [1.165, 1.54) is 13.4 Å². The maximum absolute atomic E-state index is 9.40. The number of aliphatic hydroxyl groups excluding tert-OH is 1. The zero-order valence-electron chi connectivity index (χ0n) is 7.19. The lowest BCUT2D eigenvalue weighted by atomic mass is 10.2. The number of rotatable bonds is 3. The lowest BCUT2D eigenvalue weighted by molar-refractivity contribution is 0.168. The van der Waals surface area contributed by atoms with Crippen molar-refractivity contribution < 1.29 is 9.84 Å². The predicted molar refractivity (Wildman–Crippen MR) is 43.8 cm³/mol. The van der Waals surface area contributed by atoms with Crippen molar-refractivity contribution in [3.8, 4) is 5.88 Å². The Kier molecular flexibility index (Phi) is 2.99. The van der Waals surface area contributed by atoms with E-state index < -0.39 is 6.10 Å². The summed E-state index contributed by atoms with van der Waals surface area (Å²) >= 11 is 0. The Balaban J connectivity index is 2.86. The Morgan fingerprint density at radius 2 is 2.33 bits per heavy atom. The summed E-state index contributed by atoms with van der Waals surface area (Å²) in [6.45, 7) is 1.89. The molecule has 0 unspecified atom stereocenters. The molecule has 1 heterocycles. The van der Waals surface area contributed by atoms with Crippen LogP contribution in [0.4, 0.5) is 0 Å². The minimum absolute atomic E-state index is 0.479. The molecule has 12 heavy (non-hydrogen) atoms. The smallest absolute Gasteiger partial charge is 0.216 e. The minimum atomic E-state index is -0.526. The molecule has 1 atom stereocenters. The van der Waals surface area contributed by atoms with Crippen molar-refractivity contribution in [1.82, 2.24) is 9.97 Å². The fraction of sp³-hybridized carbons (Fsp3) is 0.500. The van der Waals surface area contributed by atoms with Gasteiger partial charge in [-0.15, -0.1) is 0 Å². The lowest BCUT2D eigenvalue weighted by Crippen LogP contribution is -2.00. The first-order valence-electron chi connectivity index (χ1n) is 3.82. The number of hydrogen-bond donors (Lipinski definition) is 1. The Labute approximate surface area is 71.2 Å². The average Bonchev–Trinajstić information content (AvgIpc) is 2.17. The molecule has 0 bridgehead atoms. The topological polar surface area (TPSA) is 55.2 Å². The van der Waals surface area contributed by atoms with Crippen LogP contribution in [0.2, 0.25) is 0 Å². The van der Waals surface area contributed by atoms with Gasteiger partial charge >= 0.3 is 0 Å². The van der Waals surface area contributed by atoms with Crippen molar-refractivity contribution in [2.45, 2.75) is 19.4 Å². The maximum Gasteiger partial charge on any atom is 0.216 e. The largest absolute Gasteiger partial charge is 0.481 e. The highest BCUT2D eigenvalue weighted by molar-refractivity contribution is 5.14. The molecule has 0 spiro atoms. The summed E-state index contributed by atoms with van der Waals surface area (Å²) in [5.41, 5.74) is 0.601.